The summed E-state index contributed by atoms with van der Waals surface area (Å²) >= 11 is 2.28. The molecule has 0 radical (unpaired) electrons. The summed E-state index contributed by atoms with van der Waals surface area (Å²) in [7, 11) is 1.94. The number of hydrogen-bond acceptors (Lipinski definition) is 2. The summed E-state index contributed by atoms with van der Waals surface area (Å²) in [5.41, 5.74) is 1.15. The Hall–Kier alpha value is -0.100. The highest BCUT2D eigenvalue weighted by Crippen LogP contribution is 2.12. The molecule has 0 aliphatic heterocycles. The zero-order chi connectivity index (χ0) is 9.84. The van der Waals surface area contributed by atoms with Gasteiger partial charge < -0.3 is 4.74 Å². The van der Waals surface area contributed by atoms with Gasteiger partial charge in [0.1, 0.15) is 0 Å². The molecule has 1 heterocycles. The van der Waals surface area contributed by atoms with Crippen molar-refractivity contribution in [3.05, 3.63) is 15.5 Å². The normalized spacial score (nSPS) is 13.2. The molecule has 0 aliphatic rings. The molecule has 0 spiro atoms. The van der Waals surface area contributed by atoms with Crippen molar-refractivity contribution in [2.24, 2.45) is 7.05 Å². The highest BCUT2D eigenvalue weighted by Gasteiger charge is 2.07. The molecule has 1 atom stereocenters. The van der Waals surface area contributed by atoms with Crippen LogP contribution in [0.3, 0.4) is 0 Å². The van der Waals surface area contributed by atoms with Crippen molar-refractivity contribution >= 4 is 22.6 Å². The van der Waals surface area contributed by atoms with Gasteiger partial charge in [0.25, 0.3) is 0 Å². The second kappa shape index (κ2) is 4.95. The molecule has 0 bridgehead atoms. The summed E-state index contributed by atoms with van der Waals surface area (Å²) in [6.45, 7) is 4.87. The van der Waals surface area contributed by atoms with E-state index in [4.69, 9.17) is 4.74 Å². The van der Waals surface area contributed by atoms with Crippen molar-refractivity contribution in [3.8, 4) is 0 Å². The van der Waals surface area contributed by atoms with Gasteiger partial charge in [0.15, 0.2) is 0 Å². The Morgan fingerprint density at radius 1 is 1.69 bits per heavy atom. The zero-order valence-electron chi connectivity index (χ0n) is 8.25. The van der Waals surface area contributed by atoms with E-state index in [-0.39, 0.29) is 0 Å². The molecule has 0 saturated carbocycles. The third kappa shape index (κ3) is 2.95. The van der Waals surface area contributed by atoms with Crippen molar-refractivity contribution in [1.82, 2.24) is 9.78 Å². The summed E-state index contributed by atoms with van der Waals surface area (Å²) in [6, 6.07) is 0. The van der Waals surface area contributed by atoms with Gasteiger partial charge in [-0.2, -0.15) is 5.10 Å². The number of ether oxygens (including phenoxy) is 1. The molecule has 0 saturated heterocycles. The van der Waals surface area contributed by atoms with Gasteiger partial charge in [-0.3, -0.25) is 4.68 Å². The smallest absolute Gasteiger partial charge is 0.0899 e. The number of hydrogen-bond donors (Lipinski definition) is 0. The van der Waals surface area contributed by atoms with Crippen LogP contribution >= 0.6 is 22.6 Å². The van der Waals surface area contributed by atoms with Crippen molar-refractivity contribution in [2.45, 2.75) is 33.0 Å². The Balaban J connectivity index is 2.53. The summed E-state index contributed by atoms with van der Waals surface area (Å²) < 4.78 is 8.67. The second-order valence-electron chi connectivity index (χ2n) is 3.09. The van der Waals surface area contributed by atoms with Gasteiger partial charge in [0.2, 0.25) is 0 Å². The molecule has 1 aromatic rings. The molecule has 0 fully saturated rings. The van der Waals surface area contributed by atoms with E-state index in [0.29, 0.717) is 12.7 Å². The topological polar surface area (TPSA) is 27.1 Å². The average Bonchev–Trinajstić information content (AvgIpc) is 2.43. The first-order valence-electron chi connectivity index (χ1n) is 4.43. The summed E-state index contributed by atoms with van der Waals surface area (Å²) in [6.07, 6.45) is 3.23. The van der Waals surface area contributed by atoms with Crippen LogP contribution in [-0.4, -0.2) is 15.9 Å². The second-order valence-corrected chi connectivity index (χ2v) is 4.25. The van der Waals surface area contributed by atoms with Crippen LogP contribution in [0.15, 0.2) is 6.20 Å². The van der Waals surface area contributed by atoms with Gasteiger partial charge in [0, 0.05) is 7.05 Å². The van der Waals surface area contributed by atoms with E-state index < -0.39 is 0 Å². The van der Waals surface area contributed by atoms with Gasteiger partial charge in [-0.1, -0.05) is 6.92 Å². The Bertz CT molecular complexity index is 253. The van der Waals surface area contributed by atoms with Crippen molar-refractivity contribution in [3.63, 3.8) is 0 Å². The van der Waals surface area contributed by atoms with Crippen LogP contribution in [0.2, 0.25) is 0 Å². The largest absolute Gasteiger partial charge is 0.372 e. The standard InChI is InChI=1S/C9H15IN2O/c1-4-7(2)13-6-9-8(10)5-11-12(9)3/h5,7H,4,6H2,1-3H3/t7-/m1/s1. The first kappa shape index (κ1) is 11.0. The number of rotatable bonds is 4. The third-order valence-electron chi connectivity index (χ3n) is 2.09. The van der Waals surface area contributed by atoms with Crippen LogP contribution in [0.5, 0.6) is 0 Å². The summed E-state index contributed by atoms with van der Waals surface area (Å²) in [5.74, 6) is 0. The minimum absolute atomic E-state index is 0.325. The van der Waals surface area contributed by atoms with Crippen LogP contribution in [0, 0.1) is 3.57 Å². The molecule has 3 nitrogen and oxygen atoms in total. The van der Waals surface area contributed by atoms with Crippen molar-refractivity contribution in [2.75, 3.05) is 0 Å². The molecular formula is C9H15IN2O. The van der Waals surface area contributed by atoms with Crippen LogP contribution in [0.4, 0.5) is 0 Å². The Labute approximate surface area is 92.6 Å². The predicted molar refractivity (Wildman–Crippen MR) is 60.5 cm³/mol. The van der Waals surface area contributed by atoms with E-state index in [1.165, 1.54) is 3.57 Å². The zero-order valence-corrected chi connectivity index (χ0v) is 10.4. The molecule has 0 N–H and O–H groups in total. The van der Waals surface area contributed by atoms with Gasteiger partial charge in [-0.15, -0.1) is 0 Å². The van der Waals surface area contributed by atoms with Gasteiger partial charge in [0.05, 0.1) is 28.2 Å². The van der Waals surface area contributed by atoms with Crippen LogP contribution in [-0.2, 0) is 18.4 Å². The molecule has 74 valence electrons. The van der Waals surface area contributed by atoms with E-state index in [1.807, 2.05) is 17.9 Å². The first-order valence-corrected chi connectivity index (χ1v) is 5.51. The summed E-state index contributed by atoms with van der Waals surface area (Å²) in [4.78, 5) is 0. The first-order chi connectivity index (χ1) is 6.15. The van der Waals surface area contributed by atoms with Crippen LogP contribution in [0.1, 0.15) is 26.0 Å². The van der Waals surface area contributed by atoms with Crippen molar-refractivity contribution < 1.29 is 4.74 Å². The number of halogens is 1. The number of aryl methyl sites for hydroxylation is 1. The molecule has 0 aliphatic carbocycles. The lowest BCUT2D eigenvalue weighted by Gasteiger charge is -2.10. The minimum atomic E-state index is 0.325. The van der Waals surface area contributed by atoms with E-state index in [1.54, 1.807) is 0 Å². The predicted octanol–water partition coefficient (Wildman–Crippen LogP) is 2.34. The molecular weight excluding hydrogens is 279 g/mol. The molecule has 1 aromatic heterocycles. The molecule has 0 unspecified atom stereocenters. The fourth-order valence-corrected chi connectivity index (χ4v) is 1.57. The Morgan fingerprint density at radius 3 is 2.85 bits per heavy atom. The van der Waals surface area contributed by atoms with Gasteiger partial charge in [-0.05, 0) is 35.9 Å². The van der Waals surface area contributed by atoms with E-state index in [9.17, 15) is 0 Å². The van der Waals surface area contributed by atoms with E-state index in [2.05, 4.69) is 41.5 Å². The van der Waals surface area contributed by atoms with E-state index in [0.717, 1.165) is 12.1 Å². The lowest BCUT2D eigenvalue weighted by molar-refractivity contribution is 0.0468. The fourth-order valence-electron chi connectivity index (χ4n) is 0.937. The minimum Gasteiger partial charge on any atom is -0.372 e. The maximum atomic E-state index is 5.63. The third-order valence-corrected chi connectivity index (χ3v) is 2.99. The Kier molecular flexibility index (Phi) is 4.18. The highest BCUT2D eigenvalue weighted by atomic mass is 127. The van der Waals surface area contributed by atoms with Crippen molar-refractivity contribution in [1.29, 1.82) is 0 Å². The monoisotopic (exact) mass is 294 g/mol. The molecule has 1 rings (SSSR count). The summed E-state index contributed by atoms with van der Waals surface area (Å²) in [5, 5.41) is 4.15. The quantitative estimate of drug-likeness (QED) is 0.797. The van der Waals surface area contributed by atoms with E-state index >= 15 is 0 Å². The van der Waals surface area contributed by atoms with Crippen LogP contribution < -0.4 is 0 Å². The lowest BCUT2D eigenvalue weighted by atomic mass is 10.3. The Morgan fingerprint density at radius 2 is 2.38 bits per heavy atom. The number of nitrogens with zero attached hydrogens (tertiary/aromatic N) is 2. The molecule has 4 heteroatoms. The molecule has 0 amide bonds. The average molecular weight is 294 g/mol. The maximum Gasteiger partial charge on any atom is 0.0899 e. The molecule has 13 heavy (non-hydrogen) atoms. The molecule has 0 aromatic carbocycles. The lowest BCUT2D eigenvalue weighted by Crippen LogP contribution is -2.09. The maximum absolute atomic E-state index is 5.63. The fraction of sp³-hybridized carbons (Fsp3) is 0.667. The SMILES string of the molecule is CC[C@@H](C)OCc1c(I)cnn1C. The van der Waals surface area contributed by atoms with Gasteiger partial charge >= 0.3 is 0 Å². The van der Waals surface area contributed by atoms with Gasteiger partial charge in [-0.25, -0.2) is 0 Å². The number of aromatic nitrogens is 2. The highest BCUT2D eigenvalue weighted by molar-refractivity contribution is 14.1. The van der Waals surface area contributed by atoms with Crippen LogP contribution in [0.25, 0.3) is 0 Å².